The lowest BCUT2D eigenvalue weighted by molar-refractivity contribution is 0.0744. The zero-order valence-electron chi connectivity index (χ0n) is 9.95. The fourth-order valence-corrected chi connectivity index (χ4v) is 2.57. The molecule has 0 spiro atoms. The topological polar surface area (TPSA) is 32.3 Å². The largest absolute Gasteiger partial charge is 0.337 e. The predicted octanol–water partition coefficient (Wildman–Crippen LogP) is 2.96. The van der Waals surface area contributed by atoms with E-state index < -0.39 is 0 Å². The highest BCUT2D eigenvalue weighted by atomic mass is 79.9. The molecule has 6 heteroatoms. The number of halogens is 3. The maximum Gasteiger partial charge on any atom is 0.255 e. The molecule has 0 aromatic heterocycles. The summed E-state index contributed by atoms with van der Waals surface area (Å²) >= 11 is 9.46. The predicted molar refractivity (Wildman–Crippen MR) is 79.8 cm³/mol. The average molecular weight is 354 g/mol. The smallest absolute Gasteiger partial charge is 0.255 e. The van der Waals surface area contributed by atoms with E-state index in [9.17, 15) is 4.79 Å². The van der Waals surface area contributed by atoms with Crippen LogP contribution in [0.25, 0.3) is 0 Å². The Morgan fingerprint density at radius 1 is 1.56 bits per heavy atom. The molecule has 1 atom stereocenters. The molecule has 1 unspecified atom stereocenters. The van der Waals surface area contributed by atoms with Crippen LogP contribution in [0, 0.1) is 0 Å². The van der Waals surface area contributed by atoms with E-state index in [-0.39, 0.29) is 24.4 Å². The third kappa shape index (κ3) is 3.18. The van der Waals surface area contributed by atoms with E-state index >= 15 is 0 Å². The van der Waals surface area contributed by atoms with Crippen molar-refractivity contribution >= 4 is 45.8 Å². The number of likely N-dealkylation sites (N-methyl/N-ethyl adjacent to an activating group) is 1. The van der Waals surface area contributed by atoms with Crippen LogP contribution in [0.5, 0.6) is 0 Å². The molecule has 2 rings (SSSR count). The third-order valence-electron chi connectivity index (χ3n) is 3.08. The molecule has 0 radical (unpaired) electrons. The van der Waals surface area contributed by atoms with Crippen LogP contribution in [0.3, 0.4) is 0 Å². The summed E-state index contributed by atoms with van der Waals surface area (Å²) in [7, 11) is 1.83. The normalized spacial score (nSPS) is 18.3. The quantitative estimate of drug-likeness (QED) is 0.886. The van der Waals surface area contributed by atoms with Gasteiger partial charge in [0, 0.05) is 24.1 Å². The van der Waals surface area contributed by atoms with Gasteiger partial charge in [0.15, 0.2) is 0 Å². The summed E-state index contributed by atoms with van der Waals surface area (Å²) in [6.07, 6.45) is 0.994. The Labute approximate surface area is 126 Å². The van der Waals surface area contributed by atoms with Gasteiger partial charge in [-0.3, -0.25) is 4.79 Å². The lowest BCUT2D eigenvalue weighted by Gasteiger charge is -2.24. The van der Waals surface area contributed by atoms with E-state index in [1.54, 1.807) is 11.0 Å². The van der Waals surface area contributed by atoms with Crippen molar-refractivity contribution in [2.24, 2.45) is 0 Å². The molecule has 100 valence electrons. The van der Waals surface area contributed by atoms with Gasteiger partial charge in [0.1, 0.15) is 0 Å². The number of benzene rings is 1. The highest BCUT2D eigenvalue weighted by Gasteiger charge is 2.25. The van der Waals surface area contributed by atoms with Gasteiger partial charge in [0.25, 0.3) is 5.91 Å². The molecule has 1 aromatic rings. The van der Waals surface area contributed by atoms with Crippen molar-refractivity contribution in [3.05, 3.63) is 33.3 Å². The number of hydrogen-bond donors (Lipinski definition) is 1. The van der Waals surface area contributed by atoms with Crippen molar-refractivity contribution in [1.82, 2.24) is 10.2 Å². The van der Waals surface area contributed by atoms with Gasteiger partial charge in [-0.2, -0.15) is 0 Å². The van der Waals surface area contributed by atoms with E-state index in [1.807, 2.05) is 19.2 Å². The van der Waals surface area contributed by atoms with Crippen LogP contribution in [-0.2, 0) is 0 Å². The summed E-state index contributed by atoms with van der Waals surface area (Å²) in [4.78, 5) is 14.1. The number of carbonyl (C=O) groups is 1. The fraction of sp³-hybridized carbons (Fsp3) is 0.417. The number of nitrogens with one attached hydrogen (secondary N) is 1. The first-order valence-electron chi connectivity index (χ1n) is 5.53. The van der Waals surface area contributed by atoms with Crippen LogP contribution in [-0.4, -0.2) is 37.0 Å². The Morgan fingerprint density at radius 2 is 2.28 bits per heavy atom. The second kappa shape index (κ2) is 6.75. The molecule has 3 nitrogen and oxygen atoms in total. The molecule has 1 fully saturated rings. The summed E-state index contributed by atoms with van der Waals surface area (Å²) in [6.45, 7) is 1.82. The lowest BCUT2D eigenvalue weighted by atomic mass is 10.1. The molecule has 18 heavy (non-hydrogen) atoms. The van der Waals surface area contributed by atoms with Crippen LogP contribution < -0.4 is 5.32 Å². The molecule has 1 N–H and O–H groups in total. The summed E-state index contributed by atoms with van der Waals surface area (Å²) in [5.41, 5.74) is 0.551. The van der Waals surface area contributed by atoms with Gasteiger partial charge in [-0.25, -0.2) is 0 Å². The number of amides is 1. The molecule has 1 aliphatic rings. The molecule has 0 bridgehead atoms. The second-order valence-corrected chi connectivity index (χ2v) is 5.40. The molecule has 0 aliphatic carbocycles. The van der Waals surface area contributed by atoms with E-state index in [0.717, 1.165) is 24.0 Å². The van der Waals surface area contributed by atoms with Gasteiger partial charge in [-0.05, 0) is 41.0 Å². The maximum atomic E-state index is 12.3. The number of hydrogen-bond acceptors (Lipinski definition) is 2. The Bertz CT molecular complexity index is 436. The van der Waals surface area contributed by atoms with Crippen LogP contribution >= 0.6 is 39.9 Å². The zero-order valence-corrected chi connectivity index (χ0v) is 13.1. The first-order valence-corrected chi connectivity index (χ1v) is 6.70. The Hall–Kier alpha value is -0.290. The Morgan fingerprint density at radius 3 is 2.89 bits per heavy atom. The van der Waals surface area contributed by atoms with Crippen molar-refractivity contribution < 1.29 is 4.79 Å². The van der Waals surface area contributed by atoms with Crippen LogP contribution in [0.1, 0.15) is 16.8 Å². The second-order valence-electron chi connectivity index (χ2n) is 4.16. The summed E-state index contributed by atoms with van der Waals surface area (Å²) < 4.78 is 0.753. The van der Waals surface area contributed by atoms with Crippen LogP contribution in [0.15, 0.2) is 22.7 Å². The van der Waals surface area contributed by atoms with Gasteiger partial charge in [0.05, 0.1) is 10.6 Å². The number of rotatable bonds is 2. The number of nitrogens with zero attached hydrogens (tertiary/aromatic N) is 1. The fourth-order valence-electron chi connectivity index (χ4n) is 1.99. The van der Waals surface area contributed by atoms with Gasteiger partial charge >= 0.3 is 0 Å². The minimum atomic E-state index is -0.0231. The van der Waals surface area contributed by atoms with Gasteiger partial charge in [-0.1, -0.05) is 17.7 Å². The number of carbonyl (C=O) groups excluding carboxylic acids is 1. The van der Waals surface area contributed by atoms with Crippen LogP contribution in [0.2, 0.25) is 5.02 Å². The molecule has 1 saturated heterocycles. The molecule has 0 saturated carbocycles. The van der Waals surface area contributed by atoms with Crippen molar-refractivity contribution in [2.75, 3.05) is 20.1 Å². The minimum absolute atomic E-state index is 0. The van der Waals surface area contributed by atoms with Crippen molar-refractivity contribution in [3.8, 4) is 0 Å². The van der Waals surface area contributed by atoms with Crippen molar-refractivity contribution in [1.29, 1.82) is 0 Å². The third-order valence-corrected chi connectivity index (χ3v) is 4.38. The van der Waals surface area contributed by atoms with E-state index in [1.165, 1.54) is 0 Å². The first-order chi connectivity index (χ1) is 8.11. The SMILES string of the molecule is CN(C(=O)c1cccc(Br)c1Cl)C1CCNC1.Cl. The maximum absolute atomic E-state index is 12.3. The summed E-state index contributed by atoms with van der Waals surface area (Å²) in [5, 5.41) is 3.73. The molecular formula is C12H15BrCl2N2O. The Balaban J connectivity index is 0.00000162. The molecule has 1 amide bonds. The monoisotopic (exact) mass is 352 g/mol. The minimum Gasteiger partial charge on any atom is -0.337 e. The van der Waals surface area contributed by atoms with E-state index in [0.29, 0.717) is 10.6 Å². The highest BCUT2D eigenvalue weighted by molar-refractivity contribution is 9.10. The van der Waals surface area contributed by atoms with Gasteiger partial charge in [0.2, 0.25) is 0 Å². The standard InChI is InChI=1S/C12H14BrClN2O.ClH/c1-16(8-5-6-15-7-8)12(17)9-3-2-4-10(13)11(9)14;/h2-4,8,15H,5-7H2,1H3;1H. The lowest BCUT2D eigenvalue weighted by Crippen LogP contribution is -2.38. The van der Waals surface area contributed by atoms with Gasteiger partial charge in [-0.15, -0.1) is 12.4 Å². The zero-order chi connectivity index (χ0) is 12.4. The van der Waals surface area contributed by atoms with E-state index in [4.69, 9.17) is 11.6 Å². The average Bonchev–Trinajstić information content (AvgIpc) is 2.84. The molecular weight excluding hydrogens is 339 g/mol. The van der Waals surface area contributed by atoms with Crippen molar-refractivity contribution in [3.63, 3.8) is 0 Å². The van der Waals surface area contributed by atoms with Crippen molar-refractivity contribution in [2.45, 2.75) is 12.5 Å². The summed E-state index contributed by atoms with van der Waals surface area (Å²) in [5.74, 6) is -0.0231. The molecule has 1 heterocycles. The van der Waals surface area contributed by atoms with E-state index in [2.05, 4.69) is 21.2 Å². The molecule has 1 aliphatic heterocycles. The molecule has 1 aromatic carbocycles. The first kappa shape index (κ1) is 15.8. The summed E-state index contributed by atoms with van der Waals surface area (Å²) in [6, 6.07) is 5.67. The van der Waals surface area contributed by atoms with Gasteiger partial charge < -0.3 is 10.2 Å². The Kier molecular flexibility index (Phi) is 5.92. The highest BCUT2D eigenvalue weighted by Crippen LogP contribution is 2.27. The van der Waals surface area contributed by atoms with Crippen LogP contribution in [0.4, 0.5) is 0 Å².